The van der Waals surface area contributed by atoms with E-state index in [2.05, 4.69) is 31.7 Å². The maximum atomic E-state index is 4.28. The highest BCUT2D eigenvalue weighted by Crippen LogP contribution is 2.33. The van der Waals surface area contributed by atoms with Gasteiger partial charge in [-0.3, -0.25) is 9.30 Å². The van der Waals surface area contributed by atoms with Gasteiger partial charge in [0.15, 0.2) is 11.5 Å². The molecule has 1 aliphatic heterocycles. The minimum Gasteiger partial charge on any atom is -0.306 e. The number of rotatable bonds is 4. The molecule has 1 aliphatic carbocycles. The molecule has 2 aliphatic rings. The highest BCUT2D eigenvalue weighted by atomic mass is 15.3. The third kappa shape index (κ3) is 2.21. The molecular weight excluding hydrogens is 250 g/mol. The van der Waals surface area contributed by atoms with E-state index in [0.29, 0.717) is 6.04 Å². The van der Waals surface area contributed by atoms with Crippen molar-refractivity contribution in [2.45, 2.75) is 50.9 Å². The third-order valence-electron chi connectivity index (χ3n) is 4.57. The van der Waals surface area contributed by atoms with Gasteiger partial charge in [-0.05, 0) is 38.3 Å². The predicted molar refractivity (Wildman–Crippen MR) is 77.4 cm³/mol. The second-order valence-corrected chi connectivity index (χ2v) is 6.14. The zero-order valence-corrected chi connectivity index (χ0v) is 11.9. The first kappa shape index (κ1) is 12.3. The molecule has 4 rings (SSSR count). The third-order valence-corrected chi connectivity index (χ3v) is 4.57. The van der Waals surface area contributed by atoms with Crippen LogP contribution >= 0.6 is 0 Å². The van der Waals surface area contributed by atoms with Crippen LogP contribution in [0.25, 0.3) is 5.65 Å². The van der Waals surface area contributed by atoms with Crippen LogP contribution in [0.5, 0.6) is 0 Å². The Balaban J connectivity index is 1.41. The van der Waals surface area contributed by atoms with Crippen molar-refractivity contribution in [3.8, 4) is 0 Å². The second-order valence-electron chi connectivity index (χ2n) is 6.14. The number of hydrogen-bond acceptors (Lipinski definition) is 4. The summed E-state index contributed by atoms with van der Waals surface area (Å²) in [5.74, 6) is 0.998. The number of hydrogen-bond donors (Lipinski definition) is 1. The van der Waals surface area contributed by atoms with E-state index in [4.69, 9.17) is 0 Å². The summed E-state index contributed by atoms with van der Waals surface area (Å²) in [6, 6.07) is 8.17. The first-order valence-electron chi connectivity index (χ1n) is 7.59. The van der Waals surface area contributed by atoms with Gasteiger partial charge in [0.05, 0.1) is 6.54 Å². The lowest BCUT2D eigenvalue weighted by Crippen LogP contribution is -2.34. The lowest BCUT2D eigenvalue weighted by molar-refractivity contribution is 0.255. The highest BCUT2D eigenvalue weighted by Gasteiger charge is 2.38. The van der Waals surface area contributed by atoms with Gasteiger partial charge in [-0.15, -0.1) is 10.2 Å². The van der Waals surface area contributed by atoms with E-state index in [1.165, 1.54) is 25.8 Å². The van der Waals surface area contributed by atoms with Gasteiger partial charge in [-0.2, -0.15) is 0 Å². The zero-order chi connectivity index (χ0) is 13.5. The molecule has 0 bridgehead atoms. The Morgan fingerprint density at radius 2 is 2.20 bits per heavy atom. The Bertz CT molecular complexity index is 603. The van der Waals surface area contributed by atoms with Crippen LogP contribution in [-0.2, 0) is 6.54 Å². The van der Waals surface area contributed by atoms with Crippen molar-refractivity contribution in [2.75, 3.05) is 6.54 Å². The minimum atomic E-state index is 0.585. The van der Waals surface area contributed by atoms with Gasteiger partial charge in [0, 0.05) is 30.9 Å². The Hall–Kier alpha value is -1.46. The van der Waals surface area contributed by atoms with Gasteiger partial charge >= 0.3 is 0 Å². The van der Waals surface area contributed by atoms with E-state index in [9.17, 15) is 0 Å². The van der Waals surface area contributed by atoms with Gasteiger partial charge in [0.1, 0.15) is 0 Å². The van der Waals surface area contributed by atoms with E-state index in [1.54, 1.807) is 0 Å². The van der Waals surface area contributed by atoms with Gasteiger partial charge in [0.2, 0.25) is 0 Å². The SMILES string of the molecule is CC1CC(NCc2nnc3ccccn23)CN1C1CC1. The first-order chi connectivity index (χ1) is 9.81. The Labute approximate surface area is 119 Å². The quantitative estimate of drug-likeness (QED) is 0.914. The normalized spacial score (nSPS) is 27.4. The lowest BCUT2D eigenvalue weighted by atomic mass is 10.2. The van der Waals surface area contributed by atoms with Gasteiger partial charge in [0.25, 0.3) is 0 Å². The summed E-state index contributed by atoms with van der Waals surface area (Å²) >= 11 is 0. The molecule has 0 amide bonds. The number of likely N-dealkylation sites (tertiary alicyclic amines) is 1. The number of nitrogens with zero attached hydrogens (tertiary/aromatic N) is 4. The van der Waals surface area contributed by atoms with Crippen LogP contribution in [0, 0.1) is 0 Å². The molecule has 0 radical (unpaired) electrons. The van der Waals surface area contributed by atoms with Crippen molar-refractivity contribution in [3.63, 3.8) is 0 Å². The molecule has 0 aromatic carbocycles. The summed E-state index contributed by atoms with van der Waals surface area (Å²) in [6.45, 7) is 4.33. The fraction of sp³-hybridized carbons (Fsp3) is 0.600. The molecule has 2 aromatic heterocycles. The summed E-state index contributed by atoms with van der Waals surface area (Å²) in [6.07, 6.45) is 6.06. The fourth-order valence-corrected chi connectivity index (χ4v) is 3.37. The van der Waals surface area contributed by atoms with Crippen LogP contribution < -0.4 is 5.32 Å². The van der Waals surface area contributed by atoms with Crippen LogP contribution in [0.3, 0.4) is 0 Å². The van der Waals surface area contributed by atoms with Crippen LogP contribution in [0.1, 0.15) is 32.0 Å². The summed E-state index contributed by atoms with van der Waals surface area (Å²) < 4.78 is 2.06. The monoisotopic (exact) mass is 271 g/mol. The molecule has 1 N–H and O–H groups in total. The molecule has 0 spiro atoms. The summed E-state index contributed by atoms with van der Waals surface area (Å²) in [4.78, 5) is 2.67. The van der Waals surface area contributed by atoms with Crippen LogP contribution in [0.15, 0.2) is 24.4 Å². The van der Waals surface area contributed by atoms with Crippen molar-refractivity contribution < 1.29 is 0 Å². The molecule has 1 saturated heterocycles. The van der Waals surface area contributed by atoms with E-state index in [0.717, 1.165) is 30.1 Å². The number of fused-ring (bicyclic) bond motifs is 1. The smallest absolute Gasteiger partial charge is 0.160 e. The Kier molecular flexibility index (Phi) is 2.97. The molecule has 2 aromatic rings. The summed E-state index contributed by atoms with van der Waals surface area (Å²) in [5, 5.41) is 12.1. The van der Waals surface area contributed by atoms with Crippen LogP contribution in [0.2, 0.25) is 0 Å². The topological polar surface area (TPSA) is 45.5 Å². The van der Waals surface area contributed by atoms with Gasteiger partial charge in [-0.1, -0.05) is 6.07 Å². The highest BCUT2D eigenvalue weighted by molar-refractivity contribution is 5.36. The Morgan fingerprint density at radius 1 is 1.30 bits per heavy atom. The average Bonchev–Trinajstić information content (AvgIpc) is 3.12. The van der Waals surface area contributed by atoms with Gasteiger partial charge in [-0.25, -0.2) is 0 Å². The van der Waals surface area contributed by atoms with E-state index < -0.39 is 0 Å². The predicted octanol–water partition coefficient (Wildman–Crippen LogP) is 1.44. The van der Waals surface area contributed by atoms with Crippen molar-refractivity contribution >= 4 is 5.65 Å². The second kappa shape index (κ2) is 4.82. The lowest BCUT2D eigenvalue weighted by Gasteiger charge is -2.19. The molecule has 5 heteroatoms. The largest absolute Gasteiger partial charge is 0.306 e. The minimum absolute atomic E-state index is 0.585. The standard InChI is InChI=1S/C15H21N5/c1-11-8-12(10-20(11)13-5-6-13)16-9-15-18-17-14-4-2-3-7-19(14)15/h2-4,7,11-13,16H,5-6,8-10H2,1H3. The van der Waals surface area contributed by atoms with E-state index in [1.807, 2.05) is 24.4 Å². The van der Waals surface area contributed by atoms with Crippen LogP contribution in [0.4, 0.5) is 0 Å². The molecule has 106 valence electrons. The number of pyridine rings is 1. The molecule has 2 fully saturated rings. The molecule has 1 saturated carbocycles. The number of aromatic nitrogens is 3. The summed E-state index contributed by atoms with van der Waals surface area (Å²) in [5.41, 5.74) is 0.920. The van der Waals surface area contributed by atoms with E-state index >= 15 is 0 Å². The average molecular weight is 271 g/mol. The van der Waals surface area contributed by atoms with E-state index in [-0.39, 0.29) is 0 Å². The molecule has 20 heavy (non-hydrogen) atoms. The van der Waals surface area contributed by atoms with Crippen molar-refractivity contribution in [1.82, 2.24) is 24.8 Å². The molecule has 2 unspecified atom stereocenters. The maximum Gasteiger partial charge on any atom is 0.160 e. The molecule has 3 heterocycles. The van der Waals surface area contributed by atoms with Crippen molar-refractivity contribution in [1.29, 1.82) is 0 Å². The van der Waals surface area contributed by atoms with Gasteiger partial charge < -0.3 is 5.32 Å². The van der Waals surface area contributed by atoms with Crippen molar-refractivity contribution in [3.05, 3.63) is 30.2 Å². The Morgan fingerprint density at radius 3 is 3.05 bits per heavy atom. The van der Waals surface area contributed by atoms with Crippen LogP contribution in [-0.4, -0.2) is 44.2 Å². The maximum absolute atomic E-state index is 4.28. The van der Waals surface area contributed by atoms with Crippen molar-refractivity contribution in [2.24, 2.45) is 0 Å². The molecule has 2 atom stereocenters. The number of nitrogens with one attached hydrogen (secondary N) is 1. The zero-order valence-electron chi connectivity index (χ0n) is 11.9. The molecule has 5 nitrogen and oxygen atoms in total. The fourth-order valence-electron chi connectivity index (χ4n) is 3.37. The summed E-state index contributed by atoms with van der Waals surface area (Å²) in [7, 11) is 0. The molecular formula is C15H21N5. The first-order valence-corrected chi connectivity index (χ1v) is 7.59.